The molecule has 1 aromatic rings. The van der Waals surface area contributed by atoms with Crippen LogP contribution in [0, 0.1) is 0 Å². The minimum absolute atomic E-state index is 0.0234. The van der Waals surface area contributed by atoms with Gasteiger partial charge in [0.05, 0.1) is 11.5 Å². The van der Waals surface area contributed by atoms with Crippen LogP contribution in [0.5, 0.6) is 0 Å². The Bertz CT molecular complexity index is 454. The number of thioether (sulfide) groups is 1. The van der Waals surface area contributed by atoms with Crippen LogP contribution < -0.4 is 0 Å². The summed E-state index contributed by atoms with van der Waals surface area (Å²) in [4.78, 5) is 12.1. The lowest BCUT2D eigenvalue weighted by atomic mass is 10.0. The van der Waals surface area contributed by atoms with Gasteiger partial charge in [0.1, 0.15) is 0 Å². The van der Waals surface area contributed by atoms with Crippen LogP contribution in [-0.2, 0) is 11.0 Å². The average molecular weight is 332 g/mol. The first-order valence-corrected chi connectivity index (χ1v) is 8.68. The molecule has 0 bridgehead atoms. The van der Waals surface area contributed by atoms with Crippen molar-refractivity contribution in [1.82, 2.24) is 0 Å². The largest absolute Gasteiger partial charge is 0.416 e. The van der Waals surface area contributed by atoms with Crippen molar-refractivity contribution < 1.29 is 18.0 Å². The number of hydrogen-bond acceptors (Lipinski definition) is 2. The van der Waals surface area contributed by atoms with Crippen LogP contribution in [-0.4, -0.2) is 10.9 Å². The second-order valence-corrected chi connectivity index (χ2v) is 6.52. The van der Waals surface area contributed by atoms with E-state index in [1.54, 1.807) is 6.92 Å². The van der Waals surface area contributed by atoms with Crippen molar-refractivity contribution >= 4 is 16.9 Å². The highest BCUT2D eigenvalue weighted by molar-refractivity contribution is 8.13. The van der Waals surface area contributed by atoms with Crippen LogP contribution >= 0.6 is 11.8 Å². The minimum atomic E-state index is -4.33. The summed E-state index contributed by atoms with van der Waals surface area (Å²) in [5.41, 5.74) is -0.0454. The average Bonchev–Trinajstić information content (AvgIpc) is 2.49. The Balaban J connectivity index is 2.43. The van der Waals surface area contributed by atoms with E-state index < -0.39 is 11.7 Å². The van der Waals surface area contributed by atoms with E-state index in [-0.39, 0.29) is 11.0 Å². The molecule has 5 heteroatoms. The molecule has 0 N–H and O–H groups in total. The van der Waals surface area contributed by atoms with Crippen molar-refractivity contribution in [3.8, 4) is 0 Å². The second kappa shape index (κ2) is 9.23. The lowest BCUT2D eigenvalue weighted by molar-refractivity contribution is -0.137. The number of rotatable bonds is 8. The lowest BCUT2D eigenvalue weighted by Crippen LogP contribution is -2.08. The van der Waals surface area contributed by atoms with Gasteiger partial charge in [-0.3, -0.25) is 4.79 Å². The Labute approximate surface area is 134 Å². The number of benzene rings is 1. The molecule has 0 amide bonds. The number of carbonyl (C=O) groups is 1. The molecule has 22 heavy (non-hydrogen) atoms. The number of halogens is 3. The molecule has 0 spiro atoms. The molecule has 124 valence electrons. The predicted octanol–water partition coefficient (Wildman–Crippen LogP) is 6.04. The Kier molecular flexibility index (Phi) is 8.01. The number of unbranched alkanes of at least 4 members (excludes halogenated alkanes) is 4. The first-order chi connectivity index (χ1) is 10.4. The van der Waals surface area contributed by atoms with Gasteiger partial charge >= 0.3 is 6.18 Å². The zero-order chi connectivity index (χ0) is 16.6. The van der Waals surface area contributed by atoms with Crippen molar-refractivity contribution in [2.24, 2.45) is 0 Å². The van der Waals surface area contributed by atoms with Gasteiger partial charge in [0, 0.05) is 5.75 Å². The fourth-order valence-electron chi connectivity index (χ4n) is 2.10. The summed E-state index contributed by atoms with van der Waals surface area (Å²) in [6.45, 7) is 3.90. The number of hydrogen-bond donors (Lipinski definition) is 0. The molecule has 1 rings (SSSR count). The van der Waals surface area contributed by atoms with E-state index in [1.807, 2.05) is 0 Å². The van der Waals surface area contributed by atoms with E-state index in [2.05, 4.69) is 6.92 Å². The Morgan fingerprint density at radius 2 is 1.68 bits per heavy atom. The highest BCUT2D eigenvalue weighted by atomic mass is 32.2. The summed E-state index contributed by atoms with van der Waals surface area (Å²) in [6, 6.07) is 4.86. The van der Waals surface area contributed by atoms with Crippen LogP contribution in [0.15, 0.2) is 24.3 Å². The smallest absolute Gasteiger partial charge is 0.287 e. The molecule has 0 aromatic heterocycles. The van der Waals surface area contributed by atoms with Crippen molar-refractivity contribution in [3.63, 3.8) is 0 Å². The number of carbonyl (C=O) groups excluding carboxylic acids is 1. The van der Waals surface area contributed by atoms with Crippen molar-refractivity contribution in [2.75, 3.05) is 5.75 Å². The maximum atomic E-state index is 12.5. The van der Waals surface area contributed by atoms with E-state index in [4.69, 9.17) is 0 Å². The fraction of sp³-hybridized carbons (Fsp3) is 0.588. The summed E-state index contributed by atoms with van der Waals surface area (Å²) in [6.07, 6.45) is 1.41. The summed E-state index contributed by atoms with van der Waals surface area (Å²) in [7, 11) is 0. The van der Waals surface area contributed by atoms with Gasteiger partial charge in [-0.1, -0.05) is 63.4 Å². The Morgan fingerprint density at radius 1 is 1.09 bits per heavy atom. The van der Waals surface area contributed by atoms with Crippen LogP contribution in [0.1, 0.15) is 63.0 Å². The van der Waals surface area contributed by atoms with E-state index in [0.717, 1.165) is 30.7 Å². The maximum Gasteiger partial charge on any atom is 0.416 e. The molecule has 0 aliphatic heterocycles. The molecule has 1 atom stereocenters. The molecule has 0 saturated carbocycles. The zero-order valence-electron chi connectivity index (χ0n) is 13.1. The third-order valence-corrected chi connectivity index (χ3v) is 4.71. The molecule has 0 heterocycles. The minimum Gasteiger partial charge on any atom is -0.287 e. The summed E-state index contributed by atoms with van der Waals surface area (Å²) in [5.74, 6) is 0.413. The van der Waals surface area contributed by atoms with Crippen LogP contribution in [0.4, 0.5) is 13.2 Å². The molecule has 0 saturated heterocycles. The third kappa shape index (κ3) is 6.42. The highest BCUT2D eigenvalue weighted by Gasteiger charge is 2.30. The van der Waals surface area contributed by atoms with E-state index >= 15 is 0 Å². The van der Waals surface area contributed by atoms with Crippen molar-refractivity contribution in [1.29, 1.82) is 0 Å². The lowest BCUT2D eigenvalue weighted by Gasteiger charge is -2.12. The van der Waals surface area contributed by atoms with Gasteiger partial charge in [0.15, 0.2) is 5.12 Å². The monoisotopic (exact) mass is 332 g/mol. The van der Waals surface area contributed by atoms with E-state index in [9.17, 15) is 18.0 Å². The predicted molar refractivity (Wildman–Crippen MR) is 86.1 cm³/mol. The van der Waals surface area contributed by atoms with Crippen LogP contribution in [0.25, 0.3) is 0 Å². The van der Waals surface area contributed by atoms with Crippen LogP contribution in [0.3, 0.4) is 0 Å². The molecule has 0 aliphatic rings. The van der Waals surface area contributed by atoms with Gasteiger partial charge < -0.3 is 0 Å². The zero-order valence-corrected chi connectivity index (χ0v) is 13.9. The third-order valence-electron chi connectivity index (χ3n) is 3.58. The molecule has 1 unspecified atom stereocenters. The first-order valence-electron chi connectivity index (χ1n) is 7.70. The van der Waals surface area contributed by atoms with Gasteiger partial charge in [-0.05, 0) is 24.1 Å². The normalized spacial score (nSPS) is 13.1. The Morgan fingerprint density at radius 3 is 2.23 bits per heavy atom. The first kappa shape index (κ1) is 19.1. The summed E-state index contributed by atoms with van der Waals surface area (Å²) in [5, 5.41) is 0.0234. The molecule has 1 aromatic carbocycles. The van der Waals surface area contributed by atoms with Gasteiger partial charge in [-0.15, -0.1) is 0 Å². The summed E-state index contributed by atoms with van der Waals surface area (Å²) >= 11 is 1.29. The number of alkyl halides is 3. The summed E-state index contributed by atoms with van der Waals surface area (Å²) < 4.78 is 37.5. The molecular formula is C17H23F3OS. The SMILES string of the molecule is CCCCCCCSC(=O)C(C)c1ccc(C(F)(F)F)cc1. The highest BCUT2D eigenvalue weighted by Crippen LogP contribution is 2.31. The Hall–Kier alpha value is -0.970. The molecule has 0 aliphatic carbocycles. The second-order valence-electron chi connectivity index (χ2n) is 5.42. The van der Waals surface area contributed by atoms with Gasteiger partial charge in [-0.2, -0.15) is 13.2 Å². The topological polar surface area (TPSA) is 17.1 Å². The van der Waals surface area contributed by atoms with Gasteiger partial charge in [-0.25, -0.2) is 0 Å². The van der Waals surface area contributed by atoms with E-state index in [1.165, 1.54) is 43.2 Å². The molecule has 0 radical (unpaired) electrons. The van der Waals surface area contributed by atoms with Gasteiger partial charge in [0.25, 0.3) is 0 Å². The maximum absolute atomic E-state index is 12.5. The van der Waals surface area contributed by atoms with E-state index in [0.29, 0.717) is 5.56 Å². The molecular weight excluding hydrogens is 309 g/mol. The standard InChI is InChI=1S/C17H23F3OS/c1-3-4-5-6-7-12-22-16(21)13(2)14-8-10-15(11-9-14)17(18,19)20/h8-11,13H,3-7,12H2,1-2H3. The van der Waals surface area contributed by atoms with Crippen molar-refractivity contribution in [3.05, 3.63) is 35.4 Å². The molecule has 1 nitrogen and oxygen atoms in total. The van der Waals surface area contributed by atoms with Crippen molar-refractivity contribution in [2.45, 2.75) is 58.0 Å². The van der Waals surface area contributed by atoms with Gasteiger partial charge in [0.2, 0.25) is 0 Å². The quantitative estimate of drug-likeness (QED) is 0.540. The molecule has 0 fully saturated rings. The van der Waals surface area contributed by atoms with Crippen LogP contribution in [0.2, 0.25) is 0 Å². The fourth-order valence-corrected chi connectivity index (χ4v) is 3.04.